The Morgan fingerprint density at radius 3 is 2.79 bits per heavy atom. The summed E-state index contributed by atoms with van der Waals surface area (Å²) < 4.78 is 5.97. The van der Waals surface area contributed by atoms with E-state index in [1.807, 2.05) is 13.8 Å². The van der Waals surface area contributed by atoms with Gasteiger partial charge in [0.1, 0.15) is 11.6 Å². The van der Waals surface area contributed by atoms with E-state index in [9.17, 15) is 4.79 Å². The second kappa shape index (κ2) is 5.71. The van der Waals surface area contributed by atoms with Crippen LogP contribution in [-0.2, 0) is 11.3 Å². The molecule has 0 saturated carbocycles. The molecular weight excluding hydrogens is 328 g/mol. The number of thiazole rings is 1. The maximum atomic E-state index is 11.9. The van der Waals surface area contributed by atoms with E-state index in [0.29, 0.717) is 11.3 Å². The fourth-order valence-corrected chi connectivity index (χ4v) is 2.58. The van der Waals surface area contributed by atoms with E-state index in [-0.39, 0.29) is 6.61 Å². The number of carbonyl (C=O) groups excluding carboxylic acids is 1. The van der Waals surface area contributed by atoms with Gasteiger partial charge in [-0.3, -0.25) is 0 Å². The monoisotopic (exact) mass is 340 g/mol. The summed E-state index contributed by atoms with van der Waals surface area (Å²) in [6, 6.07) is 4.98. The van der Waals surface area contributed by atoms with Crippen molar-refractivity contribution in [2.45, 2.75) is 20.5 Å². The molecule has 1 aromatic carbocycles. The highest BCUT2D eigenvalue weighted by Gasteiger charge is 2.11. The summed E-state index contributed by atoms with van der Waals surface area (Å²) in [6.07, 6.45) is 0. The van der Waals surface area contributed by atoms with Gasteiger partial charge >= 0.3 is 5.97 Å². The van der Waals surface area contributed by atoms with Gasteiger partial charge in [0.05, 0.1) is 11.3 Å². The molecule has 0 amide bonds. The Morgan fingerprint density at radius 2 is 2.21 bits per heavy atom. The number of rotatable bonds is 3. The van der Waals surface area contributed by atoms with Crippen LogP contribution in [0.4, 0.5) is 5.69 Å². The predicted molar refractivity (Wildman–Crippen MR) is 79.3 cm³/mol. The van der Waals surface area contributed by atoms with Crippen molar-refractivity contribution in [1.82, 2.24) is 4.98 Å². The number of aryl methyl sites for hydroxylation is 2. The molecule has 4 nitrogen and oxygen atoms in total. The summed E-state index contributed by atoms with van der Waals surface area (Å²) in [5.74, 6) is -0.398. The second-order valence-corrected chi connectivity index (χ2v) is 6.20. The van der Waals surface area contributed by atoms with E-state index in [2.05, 4.69) is 20.9 Å². The zero-order valence-electron chi connectivity index (χ0n) is 10.6. The number of hydrogen-bond donors (Lipinski definition) is 1. The van der Waals surface area contributed by atoms with E-state index in [4.69, 9.17) is 10.5 Å². The molecule has 1 heterocycles. The zero-order chi connectivity index (χ0) is 14.0. The highest BCUT2D eigenvalue weighted by Crippen LogP contribution is 2.21. The van der Waals surface area contributed by atoms with Crippen LogP contribution in [0, 0.1) is 13.8 Å². The number of anilines is 1. The van der Waals surface area contributed by atoms with Crippen molar-refractivity contribution in [1.29, 1.82) is 0 Å². The molecule has 2 N–H and O–H groups in total. The number of nitrogen functional groups attached to an aromatic ring is 1. The lowest BCUT2D eigenvalue weighted by Gasteiger charge is -2.04. The Balaban J connectivity index is 2.03. The number of nitrogens with two attached hydrogens (primary N) is 1. The lowest BCUT2D eigenvalue weighted by atomic mass is 10.2. The van der Waals surface area contributed by atoms with Gasteiger partial charge < -0.3 is 10.5 Å². The number of carbonyl (C=O) groups is 1. The number of aromatic nitrogens is 1. The number of benzene rings is 1. The zero-order valence-corrected chi connectivity index (χ0v) is 13.0. The Labute approximate surface area is 123 Å². The molecule has 100 valence electrons. The van der Waals surface area contributed by atoms with Crippen molar-refractivity contribution in [2.24, 2.45) is 0 Å². The maximum absolute atomic E-state index is 11.9. The molecule has 0 radical (unpaired) electrons. The molecule has 0 aliphatic carbocycles. The van der Waals surface area contributed by atoms with Gasteiger partial charge in [-0.05, 0) is 48.0 Å². The summed E-state index contributed by atoms with van der Waals surface area (Å²) in [4.78, 5) is 17.3. The first-order chi connectivity index (χ1) is 8.97. The predicted octanol–water partition coefficient (Wildman–Crippen LogP) is 3.46. The van der Waals surface area contributed by atoms with Gasteiger partial charge in [-0.1, -0.05) is 0 Å². The van der Waals surface area contributed by atoms with Crippen molar-refractivity contribution in [3.8, 4) is 0 Å². The van der Waals surface area contributed by atoms with Crippen molar-refractivity contribution in [3.05, 3.63) is 43.8 Å². The fourth-order valence-electron chi connectivity index (χ4n) is 1.48. The van der Waals surface area contributed by atoms with E-state index >= 15 is 0 Å². The third-order valence-corrected chi connectivity index (χ3v) is 4.40. The first-order valence-electron chi connectivity index (χ1n) is 5.62. The van der Waals surface area contributed by atoms with E-state index < -0.39 is 5.97 Å². The van der Waals surface area contributed by atoms with E-state index in [1.165, 1.54) is 11.3 Å². The van der Waals surface area contributed by atoms with Crippen molar-refractivity contribution >= 4 is 38.9 Å². The smallest absolute Gasteiger partial charge is 0.338 e. The largest absolute Gasteiger partial charge is 0.455 e. The number of halogens is 1. The molecule has 6 heteroatoms. The van der Waals surface area contributed by atoms with Crippen LogP contribution in [0.1, 0.15) is 25.9 Å². The molecule has 2 rings (SSSR count). The second-order valence-electron chi connectivity index (χ2n) is 4.06. The third-order valence-electron chi connectivity index (χ3n) is 2.63. The van der Waals surface area contributed by atoms with E-state index in [0.717, 1.165) is 20.1 Å². The molecule has 0 spiro atoms. The minimum atomic E-state index is -0.398. The topological polar surface area (TPSA) is 65.2 Å². The molecule has 0 unspecified atom stereocenters. The summed E-state index contributed by atoms with van der Waals surface area (Å²) in [5, 5.41) is 0.799. The average molecular weight is 341 g/mol. The van der Waals surface area contributed by atoms with Crippen molar-refractivity contribution < 1.29 is 9.53 Å². The van der Waals surface area contributed by atoms with Crippen molar-refractivity contribution in [3.63, 3.8) is 0 Å². The highest BCUT2D eigenvalue weighted by atomic mass is 79.9. The summed E-state index contributed by atoms with van der Waals surface area (Å²) in [7, 11) is 0. The van der Waals surface area contributed by atoms with Gasteiger partial charge in [-0.15, -0.1) is 11.3 Å². The molecule has 1 aromatic heterocycles. The molecular formula is C13H13BrN2O2S. The lowest BCUT2D eigenvalue weighted by Crippen LogP contribution is -2.05. The molecule has 0 bridgehead atoms. The number of nitrogens with zero attached hydrogens (tertiary/aromatic N) is 1. The summed E-state index contributed by atoms with van der Waals surface area (Å²) >= 11 is 4.82. The van der Waals surface area contributed by atoms with Gasteiger partial charge in [-0.2, -0.15) is 0 Å². The Hall–Kier alpha value is -1.40. The van der Waals surface area contributed by atoms with Crippen molar-refractivity contribution in [2.75, 3.05) is 5.73 Å². The quantitative estimate of drug-likeness (QED) is 0.686. The lowest BCUT2D eigenvalue weighted by molar-refractivity contribution is 0.0472. The number of ether oxygens (including phenoxy) is 1. The third kappa shape index (κ3) is 3.33. The Morgan fingerprint density at radius 1 is 1.47 bits per heavy atom. The minimum absolute atomic E-state index is 0.189. The molecule has 19 heavy (non-hydrogen) atoms. The molecule has 0 fully saturated rings. The minimum Gasteiger partial charge on any atom is -0.455 e. The van der Waals surface area contributed by atoms with Gasteiger partial charge in [0.15, 0.2) is 0 Å². The molecule has 0 aliphatic rings. The van der Waals surface area contributed by atoms with Crippen LogP contribution in [0.15, 0.2) is 22.7 Å². The SMILES string of the molecule is Cc1nc(COC(=O)c2ccc(Br)c(N)c2)sc1C. The van der Waals surface area contributed by atoms with Crippen LogP contribution in [0.5, 0.6) is 0 Å². The van der Waals surface area contributed by atoms with Gasteiger partial charge in [0.2, 0.25) is 0 Å². The summed E-state index contributed by atoms with van der Waals surface area (Å²) in [5.41, 5.74) is 7.65. The average Bonchev–Trinajstić information content (AvgIpc) is 2.69. The summed E-state index contributed by atoms with van der Waals surface area (Å²) in [6.45, 7) is 4.12. The van der Waals surface area contributed by atoms with Gasteiger partial charge in [0.25, 0.3) is 0 Å². The number of hydrogen-bond acceptors (Lipinski definition) is 5. The fraction of sp³-hybridized carbons (Fsp3) is 0.231. The van der Waals surface area contributed by atoms with Gasteiger partial charge in [0, 0.05) is 15.0 Å². The van der Waals surface area contributed by atoms with E-state index in [1.54, 1.807) is 18.2 Å². The Kier molecular flexibility index (Phi) is 4.21. The molecule has 0 saturated heterocycles. The normalized spacial score (nSPS) is 10.5. The Bertz CT molecular complexity index is 606. The highest BCUT2D eigenvalue weighted by molar-refractivity contribution is 9.10. The van der Waals surface area contributed by atoms with Crippen LogP contribution in [0.3, 0.4) is 0 Å². The maximum Gasteiger partial charge on any atom is 0.338 e. The molecule has 0 aliphatic heterocycles. The first kappa shape index (κ1) is 14.0. The van der Waals surface area contributed by atoms with Crippen LogP contribution in [0.25, 0.3) is 0 Å². The van der Waals surface area contributed by atoms with Crippen LogP contribution >= 0.6 is 27.3 Å². The number of esters is 1. The standard InChI is InChI=1S/C13H13BrN2O2S/c1-7-8(2)19-12(16-7)6-18-13(17)9-3-4-10(14)11(15)5-9/h3-5H,6,15H2,1-2H3. The van der Waals surface area contributed by atoms with Crippen LogP contribution in [-0.4, -0.2) is 11.0 Å². The van der Waals surface area contributed by atoms with Crippen LogP contribution in [0.2, 0.25) is 0 Å². The van der Waals surface area contributed by atoms with Gasteiger partial charge in [-0.25, -0.2) is 9.78 Å². The van der Waals surface area contributed by atoms with Crippen LogP contribution < -0.4 is 5.73 Å². The first-order valence-corrected chi connectivity index (χ1v) is 7.23. The molecule has 0 atom stereocenters. The molecule has 2 aromatic rings.